The quantitative estimate of drug-likeness (QED) is 0.750. The van der Waals surface area contributed by atoms with Gasteiger partial charge in [-0.2, -0.15) is 0 Å². The van der Waals surface area contributed by atoms with Crippen LogP contribution in [0.1, 0.15) is 24.8 Å². The fourth-order valence-corrected chi connectivity index (χ4v) is 2.49. The molecule has 1 aromatic rings. The predicted octanol–water partition coefficient (Wildman–Crippen LogP) is 0.594. The second kappa shape index (κ2) is 3.99. The minimum atomic E-state index is 0.00921. The average Bonchev–Trinajstić information content (AvgIpc) is 2.77. The number of hydrogen-bond donors (Lipinski definition) is 1. The molecule has 2 unspecified atom stereocenters. The second-order valence-electron chi connectivity index (χ2n) is 4.49. The summed E-state index contributed by atoms with van der Waals surface area (Å²) < 4.78 is 5.81. The van der Waals surface area contributed by atoms with Crippen LogP contribution in [0.5, 0.6) is 0 Å². The highest BCUT2D eigenvalue weighted by Crippen LogP contribution is 2.28. The molecule has 2 saturated heterocycles. The Morgan fingerprint density at radius 2 is 2.19 bits per heavy atom. The number of nitrogens with two attached hydrogens (primary N) is 1. The van der Waals surface area contributed by atoms with E-state index in [1.54, 1.807) is 12.4 Å². The molecule has 5 heteroatoms. The van der Waals surface area contributed by atoms with E-state index < -0.39 is 0 Å². The van der Waals surface area contributed by atoms with Gasteiger partial charge in [-0.1, -0.05) is 0 Å². The van der Waals surface area contributed by atoms with Gasteiger partial charge in [-0.15, -0.1) is 0 Å². The molecule has 2 aliphatic rings. The number of nitrogen functional groups attached to an aromatic ring is 1. The Morgan fingerprint density at radius 3 is 3.00 bits per heavy atom. The number of hydrogen-bond acceptors (Lipinski definition) is 5. The van der Waals surface area contributed by atoms with Crippen molar-refractivity contribution < 1.29 is 4.74 Å². The topological polar surface area (TPSA) is 64.3 Å². The maximum Gasteiger partial charge on any atom is 0.158 e. The minimum absolute atomic E-state index is 0.00921. The smallest absolute Gasteiger partial charge is 0.158 e. The number of ether oxygens (including phenoxy) is 1. The van der Waals surface area contributed by atoms with Crippen LogP contribution in [0.4, 0.5) is 5.69 Å². The van der Waals surface area contributed by atoms with Crippen molar-refractivity contribution in [1.29, 1.82) is 0 Å². The zero-order chi connectivity index (χ0) is 11.0. The summed E-state index contributed by atoms with van der Waals surface area (Å²) in [4.78, 5) is 10.9. The zero-order valence-corrected chi connectivity index (χ0v) is 9.17. The summed E-state index contributed by atoms with van der Waals surface area (Å²) in [7, 11) is 0. The molecule has 1 aromatic heterocycles. The molecule has 0 aromatic carbocycles. The molecule has 0 aliphatic carbocycles. The van der Waals surface area contributed by atoms with Gasteiger partial charge in [0.25, 0.3) is 0 Å². The van der Waals surface area contributed by atoms with Gasteiger partial charge in [0.2, 0.25) is 0 Å². The van der Waals surface area contributed by atoms with Gasteiger partial charge in [-0.05, 0) is 19.4 Å². The molecule has 16 heavy (non-hydrogen) atoms. The summed E-state index contributed by atoms with van der Waals surface area (Å²) in [6.07, 6.45) is 5.83. The van der Waals surface area contributed by atoms with Crippen molar-refractivity contribution >= 4 is 5.69 Å². The van der Waals surface area contributed by atoms with Gasteiger partial charge in [0.05, 0.1) is 24.7 Å². The first kappa shape index (κ1) is 9.99. The highest BCUT2D eigenvalue weighted by Gasteiger charge is 2.33. The second-order valence-corrected chi connectivity index (χ2v) is 4.49. The monoisotopic (exact) mass is 220 g/mol. The van der Waals surface area contributed by atoms with Crippen molar-refractivity contribution in [3.8, 4) is 0 Å². The third kappa shape index (κ3) is 1.76. The molecule has 2 atom stereocenters. The largest absolute Gasteiger partial charge is 0.396 e. The van der Waals surface area contributed by atoms with Gasteiger partial charge < -0.3 is 10.5 Å². The summed E-state index contributed by atoms with van der Waals surface area (Å²) in [5, 5.41) is 0. The Hall–Kier alpha value is -1.20. The average molecular weight is 220 g/mol. The lowest BCUT2D eigenvalue weighted by atomic mass is 10.2. The number of nitrogens with zero attached hydrogens (tertiary/aromatic N) is 3. The van der Waals surface area contributed by atoms with E-state index >= 15 is 0 Å². The van der Waals surface area contributed by atoms with Gasteiger partial charge >= 0.3 is 0 Å². The van der Waals surface area contributed by atoms with Crippen LogP contribution in [-0.4, -0.2) is 40.6 Å². The van der Waals surface area contributed by atoms with E-state index in [9.17, 15) is 0 Å². The minimum Gasteiger partial charge on any atom is -0.396 e. The van der Waals surface area contributed by atoms with Crippen LogP contribution in [0.25, 0.3) is 0 Å². The molecule has 0 saturated carbocycles. The van der Waals surface area contributed by atoms with Gasteiger partial charge in [0.1, 0.15) is 6.10 Å². The number of morpholine rings is 1. The molecule has 0 amide bonds. The molecule has 86 valence electrons. The Balaban J connectivity index is 1.74. The molecule has 2 aliphatic heterocycles. The van der Waals surface area contributed by atoms with Crippen LogP contribution in [-0.2, 0) is 4.74 Å². The molecule has 2 fully saturated rings. The van der Waals surface area contributed by atoms with E-state index in [1.165, 1.54) is 19.4 Å². The van der Waals surface area contributed by atoms with Crippen molar-refractivity contribution in [3.05, 3.63) is 18.2 Å². The molecular weight excluding hydrogens is 204 g/mol. The Kier molecular flexibility index (Phi) is 2.49. The van der Waals surface area contributed by atoms with Crippen molar-refractivity contribution in [2.45, 2.75) is 25.0 Å². The number of aromatic nitrogens is 2. The molecule has 5 nitrogen and oxygen atoms in total. The van der Waals surface area contributed by atoms with E-state index in [4.69, 9.17) is 10.5 Å². The Bertz CT molecular complexity index is 367. The molecule has 0 spiro atoms. The number of rotatable bonds is 1. The summed E-state index contributed by atoms with van der Waals surface area (Å²) in [5.41, 5.74) is 6.16. The van der Waals surface area contributed by atoms with E-state index in [-0.39, 0.29) is 6.10 Å². The summed E-state index contributed by atoms with van der Waals surface area (Å²) in [6, 6.07) is 0.616. The summed E-state index contributed by atoms with van der Waals surface area (Å²) in [5.74, 6) is 0.750. The van der Waals surface area contributed by atoms with E-state index in [0.29, 0.717) is 11.7 Å². The van der Waals surface area contributed by atoms with Gasteiger partial charge in [-0.25, -0.2) is 9.97 Å². The highest BCUT2D eigenvalue weighted by molar-refractivity contribution is 5.30. The standard InChI is InChI=1S/C11H16N4O/c12-8-4-13-11(14-5-8)10-6-15-3-1-2-9(15)7-16-10/h4-5,9-10H,1-3,6-7,12H2. The third-order valence-electron chi connectivity index (χ3n) is 3.37. The molecule has 0 bridgehead atoms. The van der Waals surface area contributed by atoms with Gasteiger partial charge in [0.15, 0.2) is 5.82 Å². The molecule has 2 N–H and O–H groups in total. The van der Waals surface area contributed by atoms with Crippen LogP contribution in [0.15, 0.2) is 12.4 Å². The SMILES string of the molecule is Nc1cnc(C2CN3CCCC3CO2)nc1. The van der Waals surface area contributed by atoms with E-state index in [1.807, 2.05) is 0 Å². The predicted molar refractivity (Wildman–Crippen MR) is 59.7 cm³/mol. The third-order valence-corrected chi connectivity index (χ3v) is 3.37. The van der Waals surface area contributed by atoms with Gasteiger partial charge in [0, 0.05) is 12.6 Å². The van der Waals surface area contributed by atoms with Crippen molar-refractivity contribution in [3.63, 3.8) is 0 Å². The van der Waals surface area contributed by atoms with Crippen molar-refractivity contribution in [1.82, 2.24) is 14.9 Å². The maximum atomic E-state index is 5.81. The lowest BCUT2D eigenvalue weighted by Gasteiger charge is -2.34. The van der Waals surface area contributed by atoms with Crippen molar-refractivity contribution in [2.24, 2.45) is 0 Å². The van der Waals surface area contributed by atoms with Crippen LogP contribution in [0, 0.1) is 0 Å². The molecule has 3 rings (SSSR count). The molecule has 0 radical (unpaired) electrons. The Labute approximate surface area is 94.6 Å². The lowest BCUT2D eigenvalue weighted by molar-refractivity contribution is -0.0541. The number of fused-ring (bicyclic) bond motifs is 1. The van der Waals surface area contributed by atoms with E-state index in [2.05, 4.69) is 14.9 Å². The zero-order valence-electron chi connectivity index (χ0n) is 9.17. The van der Waals surface area contributed by atoms with Crippen LogP contribution in [0.3, 0.4) is 0 Å². The first-order valence-corrected chi connectivity index (χ1v) is 5.76. The Morgan fingerprint density at radius 1 is 1.38 bits per heavy atom. The fourth-order valence-electron chi connectivity index (χ4n) is 2.49. The van der Waals surface area contributed by atoms with E-state index in [0.717, 1.165) is 19.0 Å². The van der Waals surface area contributed by atoms with Crippen LogP contribution < -0.4 is 5.73 Å². The van der Waals surface area contributed by atoms with Crippen LogP contribution in [0.2, 0.25) is 0 Å². The first-order chi connectivity index (χ1) is 7.83. The molecular formula is C11H16N4O. The highest BCUT2D eigenvalue weighted by atomic mass is 16.5. The van der Waals surface area contributed by atoms with Gasteiger partial charge in [-0.3, -0.25) is 4.90 Å². The first-order valence-electron chi connectivity index (χ1n) is 5.76. The number of anilines is 1. The normalized spacial score (nSPS) is 30.2. The lowest BCUT2D eigenvalue weighted by Crippen LogP contribution is -2.42. The van der Waals surface area contributed by atoms with Crippen molar-refractivity contribution in [2.75, 3.05) is 25.4 Å². The summed E-state index contributed by atoms with van der Waals surface area (Å²) >= 11 is 0. The molecule has 3 heterocycles. The van der Waals surface area contributed by atoms with Crippen LogP contribution >= 0.6 is 0 Å². The maximum absolute atomic E-state index is 5.81. The summed E-state index contributed by atoms with van der Waals surface area (Å²) in [6.45, 7) is 2.90. The fraction of sp³-hybridized carbons (Fsp3) is 0.636.